The van der Waals surface area contributed by atoms with E-state index in [0.717, 1.165) is 23.5 Å². The Morgan fingerprint density at radius 3 is 1.96 bits per heavy atom. The quantitative estimate of drug-likeness (QED) is 0.401. The molecule has 24 heavy (non-hydrogen) atoms. The van der Waals surface area contributed by atoms with Gasteiger partial charge in [0.2, 0.25) is 0 Å². The smallest absolute Gasteiger partial charge is 0.127 e. The van der Waals surface area contributed by atoms with Gasteiger partial charge in [-0.25, -0.2) is 0 Å². The van der Waals surface area contributed by atoms with Gasteiger partial charge in [0.15, 0.2) is 0 Å². The average Bonchev–Trinajstić information content (AvgIpc) is 2.51. The lowest BCUT2D eigenvalue weighted by molar-refractivity contribution is 0.222. The number of benzene rings is 1. The highest BCUT2D eigenvalue weighted by molar-refractivity contribution is 6.83. The van der Waals surface area contributed by atoms with E-state index in [0.29, 0.717) is 5.41 Å². The lowest BCUT2D eigenvalue weighted by Crippen LogP contribution is -2.21. The molecule has 0 saturated carbocycles. The van der Waals surface area contributed by atoms with E-state index < -0.39 is 8.07 Å². The Morgan fingerprint density at radius 1 is 0.917 bits per heavy atom. The molecule has 0 heterocycles. The molecule has 0 N–H and O–H groups in total. The maximum absolute atomic E-state index is 3.40. The Bertz CT molecular complexity index is 713. The van der Waals surface area contributed by atoms with Crippen LogP contribution in [0.3, 0.4) is 0 Å². The Morgan fingerprint density at radius 2 is 1.50 bits per heavy atom. The maximum atomic E-state index is 3.40. The van der Waals surface area contributed by atoms with E-state index in [-0.39, 0.29) is 0 Å². The van der Waals surface area contributed by atoms with E-state index in [1.807, 2.05) is 0 Å². The van der Waals surface area contributed by atoms with Crippen molar-refractivity contribution in [1.29, 1.82) is 0 Å². The molecule has 0 radical (unpaired) electrons. The minimum Gasteiger partial charge on any atom is -0.127 e. The fourth-order valence-corrected chi connectivity index (χ4v) is 3.30. The van der Waals surface area contributed by atoms with Gasteiger partial charge < -0.3 is 0 Å². The van der Waals surface area contributed by atoms with Crippen LogP contribution >= 0.6 is 0 Å². The summed E-state index contributed by atoms with van der Waals surface area (Å²) in [7, 11) is -1.31. The van der Waals surface area contributed by atoms with Crippen LogP contribution in [0.5, 0.6) is 0 Å². The number of hydrogen-bond acceptors (Lipinski definition) is 0. The molecule has 1 atom stereocenters. The zero-order valence-electron chi connectivity index (χ0n) is 16.1. The van der Waals surface area contributed by atoms with Crippen LogP contribution in [-0.2, 0) is 0 Å². The highest BCUT2D eigenvalue weighted by Crippen LogP contribution is 2.36. The third-order valence-corrected chi connectivity index (χ3v) is 5.34. The number of allylic oxidation sites excluding steroid dienone is 2. The van der Waals surface area contributed by atoms with Gasteiger partial charge in [-0.2, -0.15) is 0 Å². The van der Waals surface area contributed by atoms with Crippen molar-refractivity contribution < 1.29 is 0 Å². The molecule has 1 unspecified atom stereocenters. The largest absolute Gasteiger partial charge is 0.129 e. The van der Waals surface area contributed by atoms with E-state index >= 15 is 0 Å². The molecule has 0 bridgehead atoms. The highest BCUT2D eigenvalue weighted by atomic mass is 28.3. The summed E-state index contributed by atoms with van der Waals surface area (Å²) < 4.78 is 0. The van der Waals surface area contributed by atoms with Crippen molar-refractivity contribution in [2.45, 2.75) is 59.7 Å². The molecule has 1 aliphatic rings. The molecule has 126 valence electrons. The van der Waals surface area contributed by atoms with E-state index in [4.69, 9.17) is 0 Å². The van der Waals surface area contributed by atoms with Gasteiger partial charge in [-0.3, -0.25) is 0 Å². The van der Waals surface area contributed by atoms with Gasteiger partial charge in [0.25, 0.3) is 0 Å². The predicted molar refractivity (Wildman–Crippen MR) is 108 cm³/mol. The monoisotopic (exact) mass is 334 g/mol. The molecule has 0 spiro atoms. The number of hydrogen-bond donors (Lipinski definition) is 0. The summed E-state index contributed by atoms with van der Waals surface area (Å²) in [5.74, 6) is 10.8. The second-order valence-electron chi connectivity index (χ2n) is 8.89. The van der Waals surface area contributed by atoms with Gasteiger partial charge in [0.1, 0.15) is 8.07 Å². The fraction of sp³-hybridized carbons (Fsp3) is 0.478. The Labute approximate surface area is 149 Å². The molecule has 0 aromatic heterocycles. The van der Waals surface area contributed by atoms with Crippen LogP contribution in [0, 0.1) is 34.6 Å². The zero-order chi connectivity index (χ0) is 17.8. The van der Waals surface area contributed by atoms with E-state index in [1.165, 1.54) is 18.4 Å². The van der Waals surface area contributed by atoms with Crippen molar-refractivity contribution in [1.82, 2.24) is 0 Å². The van der Waals surface area contributed by atoms with Crippen molar-refractivity contribution in [2.75, 3.05) is 0 Å². The predicted octanol–water partition coefficient (Wildman–Crippen LogP) is 6.04. The molecule has 0 saturated heterocycles. The first kappa shape index (κ1) is 18.6. The van der Waals surface area contributed by atoms with Gasteiger partial charge in [0.05, 0.1) is 0 Å². The standard InChI is InChI=1S/C23H30Si/c1-23(2,3)22-15-13-20(14-16-22)8-7-19-9-11-21(12-10-19)17-18-24(4,5)6/h9-13,22H,14-16H2,1-6H3. The second kappa shape index (κ2) is 7.46. The Hall–Kier alpha value is -1.70. The summed E-state index contributed by atoms with van der Waals surface area (Å²) >= 11 is 0. The third kappa shape index (κ3) is 6.07. The summed E-state index contributed by atoms with van der Waals surface area (Å²) in [4.78, 5) is 0. The molecule has 0 aliphatic heterocycles. The lowest BCUT2D eigenvalue weighted by atomic mass is 9.73. The van der Waals surface area contributed by atoms with Crippen LogP contribution in [0.4, 0.5) is 0 Å². The highest BCUT2D eigenvalue weighted by Gasteiger charge is 2.25. The van der Waals surface area contributed by atoms with Crippen LogP contribution in [0.2, 0.25) is 19.6 Å². The van der Waals surface area contributed by atoms with Crippen LogP contribution in [0.15, 0.2) is 35.9 Å². The Kier molecular flexibility index (Phi) is 5.79. The molecular weight excluding hydrogens is 304 g/mol. The van der Waals surface area contributed by atoms with Crippen LogP contribution < -0.4 is 0 Å². The SMILES string of the molecule is CC(C)(C)C1CC=C(C#Cc2ccc(C#C[Si](C)(C)C)cc2)CC1. The van der Waals surface area contributed by atoms with Gasteiger partial charge in [0, 0.05) is 11.1 Å². The zero-order valence-corrected chi connectivity index (χ0v) is 17.1. The van der Waals surface area contributed by atoms with Crippen LogP contribution in [0.1, 0.15) is 51.2 Å². The van der Waals surface area contributed by atoms with E-state index in [2.05, 4.69) is 94.1 Å². The van der Waals surface area contributed by atoms with Gasteiger partial charge >= 0.3 is 0 Å². The van der Waals surface area contributed by atoms with Crippen molar-refractivity contribution in [3.05, 3.63) is 47.0 Å². The maximum Gasteiger partial charge on any atom is 0.129 e. The molecule has 0 nitrogen and oxygen atoms in total. The van der Waals surface area contributed by atoms with E-state index in [1.54, 1.807) is 0 Å². The van der Waals surface area contributed by atoms with Gasteiger partial charge in [-0.1, -0.05) is 64.2 Å². The van der Waals surface area contributed by atoms with Gasteiger partial charge in [-0.05, 0) is 60.4 Å². The first-order chi connectivity index (χ1) is 11.1. The fourth-order valence-electron chi connectivity index (χ4n) is 2.78. The summed E-state index contributed by atoms with van der Waals surface area (Å²) in [6, 6.07) is 8.34. The molecule has 1 aliphatic carbocycles. The van der Waals surface area contributed by atoms with Crippen molar-refractivity contribution in [2.24, 2.45) is 11.3 Å². The molecule has 1 aromatic carbocycles. The summed E-state index contributed by atoms with van der Waals surface area (Å²) in [5.41, 5.74) is 7.28. The van der Waals surface area contributed by atoms with Crippen LogP contribution in [-0.4, -0.2) is 8.07 Å². The average molecular weight is 335 g/mol. The van der Waals surface area contributed by atoms with Crippen molar-refractivity contribution in [3.63, 3.8) is 0 Å². The van der Waals surface area contributed by atoms with Gasteiger partial charge in [-0.15, -0.1) is 5.54 Å². The molecule has 1 heteroatoms. The molecule has 0 amide bonds. The minimum atomic E-state index is -1.31. The van der Waals surface area contributed by atoms with Crippen LogP contribution in [0.25, 0.3) is 0 Å². The van der Waals surface area contributed by atoms with E-state index in [9.17, 15) is 0 Å². The number of rotatable bonds is 0. The summed E-state index contributed by atoms with van der Waals surface area (Å²) in [5, 5.41) is 0. The molecule has 2 rings (SSSR count). The summed E-state index contributed by atoms with van der Waals surface area (Å²) in [6.07, 6.45) is 5.89. The first-order valence-electron chi connectivity index (χ1n) is 8.98. The normalized spacial score (nSPS) is 17.9. The first-order valence-corrected chi connectivity index (χ1v) is 12.5. The second-order valence-corrected chi connectivity index (χ2v) is 13.6. The lowest BCUT2D eigenvalue weighted by Gasteiger charge is -2.32. The summed E-state index contributed by atoms with van der Waals surface area (Å²) in [6.45, 7) is 13.8. The molecule has 0 fully saturated rings. The Balaban J connectivity index is 2.02. The van der Waals surface area contributed by atoms with Crippen molar-refractivity contribution in [3.8, 4) is 23.3 Å². The van der Waals surface area contributed by atoms with Crippen molar-refractivity contribution >= 4 is 8.07 Å². The third-order valence-electron chi connectivity index (χ3n) is 4.47. The molecule has 1 aromatic rings. The molecular formula is C23H30Si. The minimum absolute atomic E-state index is 0.405. The topological polar surface area (TPSA) is 0 Å².